The van der Waals surface area contributed by atoms with E-state index in [9.17, 15) is 14.4 Å². The van der Waals surface area contributed by atoms with Crippen molar-refractivity contribution in [2.75, 3.05) is 0 Å². The summed E-state index contributed by atoms with van der Waals surface area (Å²) in [4.78, 5) is 40.8. The molecule has 4 amide bonds. The van der Waals surface area contributed by atoms with Crippen LogP contribution in [0, 0.1) is 34.5 Å². The second kappa shape index (κ2) is 8.09. The summed E-state index contributed by atoms with van der Waals surface area (Å²) in [5.41, 5.74) is -1.09. The van der Waals surface area contributed by atoms with Gasteiger partial charge in [-0.25, -0.2) is 4.79 Å². The number of carbonyl (C=O) groups is 3. The molecule has 0 bridgehead atoms. The highest BCUT2D eigenvalue weighted by Crippen LogP contribution is 2.65. The fourth-order valence-electron chi connectivity index (χ4n) is 8.01. The van der Waals surface area contributed by atoms with Crippen LogP contribution in [0.15, 0.2) is 12.2 Å². The number of nitrogens with zero attached hydrogens (tertiary/aromatic N) is 1. The number of fused-ring (bicyclic) bond motifs is 5. The summed E-state index contributed by atoms with van der Waals surface area (Å²) in [5.74, 6) is 1.46. The lowest BCUT2D eigenvalue weighted by atomic mass is 9.48. The molecule has 0 aromatic heterocycles. The number of amides is 4. The van der Waals surface area contributed by atoms with E-state index in [0.29, 0.717) is 17.8 Å². The van der Waals surface area contributed by atoms with Gasteiger partial charge in [-0.3, -0.25) is 14.5 Å². The molecule has 2 N–H and O–H groups in total. The highest BCUT2D eigenvalue weighted by atomic mass is 16.2. The minimum atomic E-state index is -0.589. The molecule has 0 spiro atoms. The van der Waals surface area contributed by atoms with Crippen molar-refractivity contribution in [2.45, 2.75) is 111 Å². The smallest absolute Gasteiger partial charge is 0.324 e. The monoisotopic (exact) mass is 471 g/mol. The molecule has 0 aromatic carbocycles. The predicted molar refractivity (Wildman–Crippen MR) is 134 cm³/mol. The lowest BCUT2D eigenvalue weighted by Crippen LogP contribution is -2.61. The third kappa shape index (κ3) is 4.09. The number of hydrogen-bond acceptors (Lipinski definition) is 3. The van der Waals surface area contributed by atoms with Crippen molar-refractivity contribution in [2.24, 2.45) is 34.5 Å². The molecule has 1 heterocycles. The Balaban J connectivity index is 1.60. The van der Waals surface area contributed by atoms with Crippen LogP contribution in [-0.4, -0.2) is 39.9 Å². The molecule has 7 atom stereocenters. The van der Waals surface area contributed by atoms with Crippen LogP contribution in [0.3, 0.4) is 0 Å². The summed E-state index contributed by atoms with van der Waals surface area (Å²) < 4.78 is 0. The van der Waals surface area contributed by atoms with Crippen LogP contribution in [0.25, 0.3) is 0 Å². The van der Waals surface area contributed by atoms with Crippen molar-refractivity contribution >= 4 is 17.8 Å². The molecule has 0 aromatic rings. The third-order valence-corrected chi connectivity index (χ3v) is 9.56. The van der Waals surface area contributed by atoms with Crippen LogP contribution in [0.5, 0.6) is 0 Å². The fourth-order valence-corrected chi connectivity index (χ4v) is 8.01. The summed E-state index contributed by atoms with van der Waals surface area (Å²) >= 11 is 0. The van der Waals surface area contributed by atoms with Crippen molar-refractivity contribution < 1.29 is 14.4 Å². The fraction of sp³-hybridized carbons (Fsp3) is 0.821. The minimum absolute atomic E-state index is 0.00963. The van der Waals surface area contributed by atoms with Gasteiger partial charge in [-0.2, -0.15) is 0 Å². The molecule has 34 heavy (non-hydrogen) atoms. The average molecular weight is 472 g/mol. The molecule has 0 saturated heterocycles. The van der Waals surface area contributed by atoms with Crippen molar-refractivity contribution in [3.8, 4) is 0 Å². The van der Waals surface area contributed by atoms with Gasteiger partial charge in [-0.05, 0) is 109 Å². The Morgan fingerprint density at radius 1 is 1.00 bits per heavy atom. The zero-order valence-electron chi connectivity index (χ0n) is 22.5. The maximum Gasteiger partial charge on any atom is 0.324 e. The van der Waals surface area contributed by atoms with E-state index >= 15 is 0 Å². The van der Waals surface area contributed by atoms with Gasteiger partial charge in [-0.15, -0.1) is 0 Å². The SMILES string of the molecule is CC(C)(C)NC(=O)N(C(=O)[C@H]1CC[C@H]2[C@@H]3CC[C@H]4NC(=O)C=C[C@]4(C)[C@H]3CC[C@]12C)C(C)(C)C. The average Bonchev–Trinajstić information content (AvgIpc) is 3.03. The Labute approximate surface area is 205 Å². The third-order valence-electron chi connectivity index (χ3n) is 9.56. The predicted octanol–water partition coefficient (Wildman–Crippen LogP) is 5.04. The van der Waals surface area contributed by atoms with Gasteiger partial charge in [0.05, 0.1) is 0 Å². The molecule has 0 radical (unpaired) electrons. The Morgan fingerprint density at radius 2 is 1.68 bits per heavy atom. The lowest BCUT2D eigenvalue weighted by Gasteiger charge is -2.59. The van der Waals surface area contributed by atoms with E-state index in [1.54, 1.807) is 6.08 Å². The van der Waals surface area contributed by atoms with Crippen molar-refractivity contribution in [3.63, 3.8) is 0 Å². The van der Waals surface area contributed by atoms with E-state index in [1.165, 1.54) is 4.90 Å². The summed E-state index contributed by atoms with van der Waals surface area (Å²) in [5, 5.41) is 6.24. The highest BCUT2D eigenvalue weighted by Gasteiger charge is 2.61. The van der Waals surface area contributed by atoms with E-state index in [4.69, 9.17) is 0 Å². The maximum absolute atomic E-state index is 14.1. The molecule has 0 unspecified atom stereocenters. The van der Waals surface area contributed by atoms with Crippen LogP contribution < -0.4 is 10.6 Å². The van der Waals surface area contributed by atoms with Gasteiger partial charge in [0, 0.05) is 28.5 Å². The summed E-state index contributed by atoms with van der Waals surface area (Å²) in [7, 11) is 0. The van der Waals surface area contributed by atoms with Crippen molar-refractivity contribution in [1.29, 1.82) is 0 Å². The standard InChI is InChI=1S/C28H45N3O3/c1-25(2,3)30-24(34)31(26(4,5)6)23(33)20-11-10-18-17-9-12-21-28(8,16-14-22(32)29-21)19(17)13-15-27(18,20)7/h14,16-21H,9-13,15H2,1-8H3,(H,29,32)(H,30,34)/t17-,18-,19-,20+,21+,27-,28+/m0/s1. The number of imide groups is 1. The van der Waals surface area contributed by atoms with Gasteiger partial charge in [0.15, 0.2) is 0 Å². The molecule has 6 heteroatoms. The van der Waals surface area contributed by atoms with E-state index in [-0.39, 0.29) is 40.6 Å². The van der Waals surface area contributed by atoms with E-state index in [2.05, 4.69) is 30.6 Å². The van der Waals surface area contributed by atoms with E-state index in [0.717, 1.165) is 38.5 Å². The molecule has 4 rings (SSSR count). The van der Waals surface area contributed by atoms with E-state index < -0.39 is 11.1 Å². The van der Waals surface area contributed by atoms with Crippen molar-refractivity contribution in [1.82, 2.24) is 15.5 Å². The number of hydrogen-bond donors (Lipinski definition) is 2. The molecular weight excluding hydrogens is 426 g/mol. The number of urea groups is 1. The van der Waals surface area contributed by atoms with Crippen LogP contribution in [0.2, 0.25) is 0 Å². The molecular formula is C28H45N3O3. The molecule has 190 valence electrons. The van der Waals surface area contributed by atoms with Gasteiger partial charge in [0.1, 0.15) is 0 Å². The van der Waals surface area contributed by atoms with Crippen LogP contribution in [0.1, 0.15) is 93.9 Å². The van der Waals surface area contributed by atoms with Gasteiger partial charge in [-0.1, -0.05) is 19.9 Å². The second-order valence-electron chi connectivity index (χ2n) is 13.9. The molecule has 3 fully saturated rings. The normalized spacial score (nSPS) is 39.4. The number of rotatable bonds is 1. The van der Waals surface area contributed by atoms with Gasteiger partial charge >= 0.3 is 6.03 Å². The molecule has 4 aliphatic rings. The van der Waals surface area contributed by atoms with Crippen LogP contribution in [0.4, 0.5) is 4.79 Å². The number of nitrogens with one attached hydrogen (secondary N) is 2. The Morgan fingerprint density at radius 3 is 2.29 bits per heavy atom. The highest BCUT2D eigenvalue weighted by molar-refractivity contribution is 5.97. The van der Waals surface area contributed by atoms with Gasteiger partial charge < -0.3 is 10.6 Å². The number of carbonyl (C=O) groups excluding carboxylic acids is 3. The maximum atomic E-state index is 14.1. The first-order valence-corrected chi connectivity index (χ1v) is 13.2. The summed E-state index contributed by atoms with van der Waals surface area (Å²) in [6.07, 6.45) is 9.97. The molecule has 1 aliphatic heterocycles. The lowest BCUT2D eigenvalue weighted by molar-refractivity contribution is -0.144. The largest absolute Gasteiger partial charge is 0.349 e. The van der Waals surface area contributed by atoms with E-state index in [1.807, 2.05) is 41.5 Å². The Hall–Kier alpha value is -1.85. The summed E-state index contributed by atoms with van der Waals surface area (Å²) in [6.45, 7) is 16.3. The first kappa shape index (κ1) is 25.2. The molecule has 3 saturated carbocycles. The van der Waals surface area contributed by atoms with Crippen LogP contribution >= 0.6 is 0 Å². The Kier molecular flexibility index (Phi) is 6.01. The van der Waals surface area contributed by atoms with Crippen LogP contribution in [-0.2, 0) is 9.59 Å². The molecule has 3 aliphatic carbocycles. The van der Waals surface area contributed by atoms with Crippen molar-refractivity contribution in [3.05, 3.63) is 12.2 Å². The Bertz CT molecular complexity index is 898. The first-order valence-electron chi connectivity index (χ1n) is 13.2. The van der Waals surface area contributed by atoms with Gasteiger partial charge in [0.2, 0.25) is 11.8 Å². The topological polar surface area (TPSA) is 78.5 Å². The zero-order chi connectivity index (χ0) is 25.3. The van der Waals surface area contributed by atoms with Gasteiger partial charge in [0.25, 0.3) is 0 Å². The molecule has 6 nitrogen and oxygen atoms in total. The zero-order valence-corrected chi connectivity index (χ0v) is 22.5. The quantitative estimate of drug-likeness (QED) is 0.563. The minimum Gasteiger partial charge on any atom is -0.349 e. The summed E-state index contributed by atoms with van der Waals surface area (Å²) in [6, 6.07) is -0.0752. The second-order valence-corrected chi connectivity index (χ2v) is 13.9. The first-order chi connectivity index (χ1) is 15.6.